The van der Waals surface area contributed by atoms with Gasteiger partial charge in [0.25, 0.3) is 5.91 Å². The highest BCUT2D eigenvalue weighted by atomic mass is 32.2. The number of fused-ring (bicyclic) bond motifs is 2. The van der Waals surface area contributed by atoms with E-state index in [-0.39, 0.29) is 18.8 Å². The van der Waals surface area contributed by atoms with Crippen molar-refractivity contribution in [2.45, 2.75) is 32.7 Å². The first-order valence-corrected chi connectivity index (χ1v) is 9.03. The molecule has 0 aromatic carbocycles. The smallest absolute Gasteiger partial charge is 0.434 e. The number of rotatable bonds is 3. The Hall–Kier alpha value is -2.35. The van der Waals surface area contributed by atoms with E-state index in [1.54, 1.807) is 24.3 Å². The fourth-order valence-electron chi connectivity index (χ4n) is 3.29. The average molecular weight is 362 g/mol. The van der Waals surface area contributed by atoms with Crippen molar-refractivity contribution in [1.82, 2.24) is 4.90 Å². The molecule has 0 saturated heterocycles. The fourth-order valence-corrected chi connectivity index (χ4v) is 4.23. The molecule has 8 heteroatoms. The monoisotopic (exact) mass is 362 g/mol. The first-order valence-electron chi connectivity index (χ1n) is 7.81. The zero-order valence-corrected chi connectivity index (χ0v) is 15.2. The number of aliphatic imine (C=N–C) groups is 1. The van der Waals surface area contributed by atoms with Crippen molar-refractivity contribution in [2.24, 2.45) is 4.99 Å². The van der Waals surface area contributed by atoms with E-state index < -0.39 is 23.4 Å². The molecule has 1 spiro atoms. The summed E-state index contributed by atoms with van der Waals surface area (Å²) in [5.41, 5.74) is 0.515. The number of hydrogen-bond donors (Lipinski definition) is 0. The van der Waals surface area contributed by atoms with E-state index in [0.717, 1.165) is 11.1 Å². The van der Waals surface area contributed by atoms with E-state index in [1.807, 2.05) is 19.9 Å². The molecule has 25 heavy (non-hydrogen) atoms. The maximum atomic E-state index is 12.8. The average Bonchev–Trinajstić information content (AvgIpc) is 2.97. The van der Waals surface area contributed by atoms with Gasteiger partial charge < -0.3 is 14.4 Å². The SMILES string of the molecule is CCOC(=O)OC1=C(SC)C2(CC1=O)C(=O)N=C1C(C)=CC(C)=CN12. The molecule has 0 bridgehead atoms. The number of amidine groups is 1. The lowest BCUT2D eigenvalue weighted by Gasteiger charge is -2.35. The minimum atomic E-state index is -1.27. The predicted octanol–water partition coefficient (Wildman–Crippen LogP) is 2.55. The number of carbonyl (C=O) groups is 3. The topological polar surface area (TPSA) is 85.3 Å². The summed E-state index contributed by atoms with van der Waals surface area (Å²) < 4.78 is 9.88. The Morgan fingerprint density at radius 1 is 1.40 bits per heavy atom. The number of ketones is 1. The minimum Gasteiger partial charge on any atom is -0.434 e. The molecular formula is C17H18N2O5S. The second-order valence-corrected chi connectivity index (χ2v) is 6.74. The zero-order valence-electron chi connectivity index (χ0n) is 14.4. The lowest BCUT2D eigenvalue weighted by molar-refractivity contribution is -0.126. The van der Waals surface area contributed by atoms with Crippen molar-refractivity contribution < 1.29 is 23.9 Å². The van der Waals surface area contributed by atoms with E-state index in [9.17, 15) is 14.4 Å². The fraction of sp³-hybridized carbons (Fsp3) is 0.412. The van der Waals surface area contributed by atoms with Crippen LogP contribution >= 0.6 is 11.8 Å². The summed E-state index contributed by atoms with van der Waals surface area (Å²) in [7, 11) is 0. The van der Waals surface area contributed by atoms with Crippen LogP contribution in [0.25, 0.3) is 0 Å². The molecule has 3 rings (SSSR count). The Balaban J connectivity index is 2.09. The van der Waals surface area contributed by atoms with Crippen LogP contribution in [0.5, 0.6) is 0 Å². The molecule has 2 heterocycles. The summed E-state index contributed by atoms with van der Waals surface area (Å²) in [6, 6.07) is 0. The number of carbonyl (C=O) groups excluding carboxylic acids is 3. The first kappa shape index (κ1) is 17.5. The Labute approximate surface area is 149 Å². The van der Waals surface area contributed by atoms with Gasteiger partial charge in [-0.1, -0.05) is 6.08 Å². The van der Waals surface area contributed by atoms with Crippen molar-refractivity contribution in [3.05, 3.63) is 34.1 Å². The molecule has 1 atom stereocenters. The predicted molar refractivity (Wildman–Crippen MR) is 92.8 cm³/mol. The molecular weight excluding hydrogens is 344 g/mol. The van der Waals surface area contributed by atoms with E-state index >= 15 is 0 Å². The first-order chi connectivity index (χ1) is 11.8. The van der Waals surface area contributed by atoms with Crippen LogP contribution in [-0.2, 0) is 19.1 Å². The van der Waals surface area contributed by atoms with Crippen molar-refractivity contribution in [3.63, 3.8) is 0 Å². The largest absolute Gasteiger partial charge is 0.513 e. The van der Waals surface area contributed by atoms with Crippen molar-refractivity contribution in [3.8, 4) is 0 Å². The van der Waals surface area contributed by atoms with Crippen molar-refractivity contribution in [2.75, 3.05) is 12.9 Å². The Morgan fingerprint density at radius 2 is 2.12 bits per heavy atom. The maximum absolute atomic E-state index is 12.8. The van der Waals surface area contributed by atoms with Crippen LogP contribution < -0.4 is 0 Å². The number of ether oxygens (including phenoxy) is 2. The highest BCUT2D eigenvalue weighted by Gasteiger charge is 2.60. The molecule has 0 aromatic rings. The van der Waals surface area contributed by atoms with Gasteiger partial charge in [-0.3, -0.25) is 9.59 Å². The van der Waals surface area contributed by atoms with E-state index in [2.05, 4.69) is 4.99 Å². The number of Topliss-reactive ketones (excluding diaryl/α,β-unsaturated/α-hetero) is 1. The Bertz CT molecular complexity index is 808. The van der Waals surface area contributed by atoms with Gasteiger partial charge in [0.15, 0.2) is 11.3 Å². The van der Waals surface area contributed by atoms with Gasteiger partial charge >= 0.3 is 6.16 Å². The number of thioether (sulfide) groups is 1. The molecule has 0 N–H and O–H groups in total. The van der Waals surface area contributed by atoms with Gasteiger partial charge in [0.2, 0.25) is 5.78 Å². The minimum absolute atomic E-state index is 0.124. The van der Waals surface area contributed by atoms with Crippen LogP contribution in [0.2, 0.25) is 0 Å². The number of amides is 1. The molecule has 0 saturated carbocycles. The van der Waals surface area contributed by atoms with Crippen LogP contribution in [-0.4, -0.2) is 47.0 Å². The van der Waals surface area contributed by atoms with Crippen LogP contribution in [0.15, 0.2) is 39.1 Å². The van der Waals surface area contributed by atoms with E-state index in [4.69, 9.17) is 9.47 Å². The van der Waals surface area contributed by atoms with Crippen LogP contribution in [0.4, 0.5) is 4.79 Å². The highest BCUT2D eigenvalue weighted by molar-refractivity contribution is 8.02. The lowest BCUT2D eigenvalue weighted by Crippen LogP contribution is -2.49. The van der Waals surface area contributed by atoms with Crippen LogP contribution in [0.1, 0.15) is 27.2 Å². The van der Waals surface area contributed by atoms with Gasteiger partial charge in [0.05, 0.1) is 17.9 Å². The molecule has 2 aliphatic heterocycles. The quantitative estimate of drug-likeness (QED) is 0.713. The normalized spacial score (nSPS) is 25.1. The Kier molecular flexibility index (Phi) is 4.32. The molecule has 0 radical (unpaired) electrons. The third kappa shape index (κ3) is 2.52. The third-order valence-corrected chi connectivity index (χ3v) is 5.16. The van der Waals surface area contributed by atoms with Gasteiger partial charge in [-0.25, -0.2) is 4.79 Å². The van der Waals surface area contributed by atoms with Crippen molar-refractivity contribution in [1.29, 1.82) is 0 Å². The summed E-state index contributed by atoms with van der Waals surface area (Å²) in [5, 5.41) is 0. The van der Waals surface area contributed by atoms with Gasteiger partial charge in [0.1, 0.15) is 5.84 Å². The van der Waals surface area contributed by atoms with Gasteiger partial charge in [0, 0.05) is 6.20 Å². The third-order valence-electron chi connectivity index (χ3n) is 4.23. The molecule has 1 amide bonds. The maximum Gasteiger partial charge on any atom is 0.513 e. The van der Waals surface area contributed by atoms with Gasteiger partial charge in [-0.15, -0.1) is 11.8 Å². The lowest BCUT2D eigenvalue weighted by atomic mass is 9.94. The van der Waals surface area contributed by atoms with Crippen molar-refractivity contribution >= 4 is 35.4 Å². The van der Waals surface area contributed by atoms with Crippen LogP contribution in [0.3, 0.4) is 0 Å². The molecule has 132 valence electrons. The molecule has 3 aliphatic rings. The molecule has 0 aromatic heterocycles. The summed E-state index contributed by atoms with van der Waals surface area (Å²) in [6.45, 7) is 5.54. The zero-order chi connectivity index (χ0) is 18.4. The molecule has 1 unspecified atom stereocenters. The van der Waals surface area contributed by atoms with Crippen LogP contribution in [0, 0.1) is 0 Å². The number of allylic oxidation sites excluding steroid dienone is 3. The number of nitrogens with zero attached hydrogens (tertiary/aromatic N) is 2. The van der Waals surface area contributed by atoms with E-state index in [1.165, 1.54) is 11.8 Å². The second-order valence-electron chi connectivity index (χ2n) is 5.92. The molecule has 7 nitrogen and oxygen atoms in total. The summed E-state index contributed by atoms with van der Waals surface area (Å²) in [5.74, 6) is -0.455. The Morgan fingerprint density at radius 3 is 2.76 bits per heavy atom. The highest BCUT2D eigenvalue weighted by Crippen LogP contribution is 2.49. The number of hydrogen-bond acceptors (Lipinski definition) is 7. The summed E-state index contributed by atoms with van der Waals surface area (Å²) in [4.78, 5) is 43.4. The van der Waals surface area contributed by atoms with E-state index in [0.29, 0.717) is 10.7 Å². The van der Waals surface area contributed by atoms with Gasteiger partial charge in [-0.05, 0) is 38.2 Å². The van der Waals surface area contributed by atoms with Gasteiger partial charge in [-0.2, -0.15) is 4.99 Å². The molecule has 0 fully saturated rings. The summed E-state index contributed by atoms with van der Waals surface area (Å²) >= 11 is 1.20. The second kappa shape index (κ2) is 6.18. The molecule has 1 aliphatic carbocycles. The summed E-state index contributed by atoms with van der Waals surface area (Å²) in [6.07, 6.45) is 4.38. The standard InChI is InChI=1S/C17H18N2O5S/c1-5-23-16(22)24-12-11(20)7-17(13(12)25-4)15(21)18-14-10(3)6-9(2)8-19(14)17/h6,8H,5,7H2,1-4H3.